The van der Waals surface area contributed by atoms with Crippen LogP contribution in [0.2, 0.25) is 0 Å². The largest absolute Gasteiger partial charge is 0.404 e. The van der Waals surface area contributed by atoms with Crippen LogP contribution in [0.25, 0.3) is 10.9 Å². The third-order valence-electron chi connectivity index (χ3n) is 13.0. The van der Waals surface area contributed by atoms with Gasteiger partial charge in [-0.2, -0.15) is 5.10 Å². The molecule has 0 spiro atoms. The fraction of sp³-hybridized carbons (Fsp3) is 0.355. The number of anilines is 3. The quantitative estimate of drug-likeness (QED) is 0.156. The molecule has 2 aliphatic heterocycles. The van der Waals surface area contributed by atoms with Crippen molar-refractivity contribution in [2.75, 3.05) is 15.5 Å². The Bertz CT molecular complexity index is 2120. The number of nitrogens with zero attached hydrogens (tertiary/aromatic N) is 3. The van der Waals surface area contributed by atoms with E-state index in [-0.39, 0.29) is 49.3 Å². The Morgan fingerprint density at radius 2 is 1.36 bits per heavy atom. The van der Waals surface area contributed by atoms with E-state index in [4.69, 9.17) is 4.74 Å². The van der Waals surface area contributed by atoms with Crippen LogP contribution in [-0.4, -0.2) is 182 Å². The fourth-order valence-corrected chi connectivity index (χ4v) is 10.6. The van der Waals surface area contributed by atoms with Crippen LogP contribution in [0.1, 0.15) is 34.3 Å². The van der Waals surface area contributed by atoms with E-state index in [0.29, 0.717) is 28.8 Å². The molecule has 0 saturated carbocycles. The first-order valence-corrected chi connectivity index (χ1v) is 20.0. The average Bonchev–Trinajstić information content (AvgIpc) is 3.38. The van der Waals surface area contributed by atoms with Gasteiger partial charge in [0.05, 0.1) is 11.1 Å². The highest BCUT2D eigenvalue weighted by molar-refractivity contribution is 6.66. The Morgan fingerprint density at radius 3 is 1.91 bits per heavy atom. The van der Waals surface area contributed by atoms with E-state index in [9.17, 15) is 13.6 Å². The molecule has 0 bridgehead atoms. The summed E-state index contributed by atoms with van der Waals surface area (Å²) in [6, 6.07) is 15.4. The van der Waals surface area contributed by atoms with Gasteiger partial charge < -0.3 is 25.2 Å². The number of hydrogen-bond donors (Lipinski definition) is 3. The standard InChI is InChI=1S/C31H49B15F2N6O2/c32-25(33)11-17(12-26(34,35)56-25)49-22-10-18(53-27(36,37)29(40,41)54(31(44,45)46)30(42,43)28(53,38)39)2-3-19(22)24(55)50-23-20-8-13(1-4-21(20)51-52-23)5-14-6-15(47)9-16(48)7-14/h1-4,6-10,17,49H,5,11-12,32-46H2,(H2,50,51,52,55). The van der Waals surface area contributed by atoms with Crippen molar-refractivity contribution in [3.8, 4) is 0 Å². The Morgan fingerprint density at radius 1 is 0.786 bits per heavy atom. The zero-order chi connectivity index (χ0) is 41.6. The number of benzene rings is 3. The minimum absolute atomic E-state index is 0.0450. The number of aromatic amines is 1. The van der Waals surface area contributed by atoms with Crippen LogP contribution in [0.5, 0.6) is 0 Å². The van der Waals surface area contributed by atoms with Gasteiger partial charge in [0.25, 0.3) is 5.91 Å². The maximum Gasteiger partial charge on any atom is 0.258 e. The first kappa shape index (κ1) is 42.6. The molecule has 3 heterocycles. The summed E-state index contributed by atoms with van der Waals surface area (Å²) < 4.78 is 34.4. The van der Waals surface area contributed by atoms with E-state index in [0.717, 1.165) is 41.4 Å². The minimum Gasteiger partial charge on any atom is -0.404 e. The monoisotopic (exact) mass is 741 g/mol. The molecular weight excluding hydrogens is 689 g/mol. The summed E-state index contributed by atoms with van der Waals surface area (Å²) in [5.74, 6) is -1.16. The second-order valence-electron chi connectivity index (χ2n) is 20.5. The highest BCUT2D eigenvalue weighted by Crippen LogP contribution is 2.47. The Kier molecular flexibility index (Phi) is 10.7. The predicted molar refractivity (Wildman–Crippen MR) is 269 cm³/mol. The van der Waals surface area contributed by atoms with Gasteiger partial charge in [0.2, 0.25) is 0 Å². The molecule has 3 N–H and O–H groups in total. The molecule has 0 aliphatic carbocycles. The summed E-state index contributed by atoms with van der Waals surface area (Å²) in [4.78, 5) is 19.7. The highest BCUT2D eigenvalue weighted by atomic mass is 19.1. The summed E-state index contributed by atoms with van der Waals surface area (Å²) in [5.41, 5.74) is 4.36. The number of H-pyrrole nitrogens is 1. The molecular formula is C31H49B15F2N6O2. The van der Waals surface area contributed by atoms with Crippen LogP contribution in [0.15, 0.2) is 54.6 Å². The van der Waals surface area contributed by atoms with Gasteiger partial charge >= 0.3 is 0 Å². The lowest BCUT2D eigenvalue weighted by molar-refractivity contribution is -0.0184. The lowest BCUT2D eigenvalue weighted by Crippen LogP contribution is -2.95. The zero-order valence-electron chi connectivity index (χ0n) is 36.3. The van der Waals surface area contributed by atoms with Gasteiger partial charge in [-0.1, -0.05) is 11.3 Å². The van der Waals surface area contributed by atoms with Crippen molar-refractivity contribution in [1.29, 1.82) is 0 Å². The lowest BCUT2D eigenvalue weighted by atomic mass is 9.24. The molecule has 0 unspecified atom stereocenters. The zero-order valence-corrected chi connectivity index (χ0v) is 36.3. The number of rotatable bonds is 8. The van der Waals surface area contributed by atoms with Gasteiger partial charge in [-0.25, -0.2) is 8.78 Å². The van der Waals surface area contributed by atoms with E-state index in [1.54, 1.807) is 0 Å². The summed E-state index contributed by atoms with van der Waals surface area (Å²) in [6.07, 6.45) is 1.86. The van der Waals surface area contributed by atoms with Crippen LogP contribution in [-0.2, 0) is 11.2 Å². The Balaban J connectivity index is 1.41. The molecule has 0 atom stereocenters. The van der Waals surface area contributed by atoms with Crippen molar-refractivity contribution in [2.24, 2.45) is 0 Å². The van der Waals surface area contributed by atoms with Gasteiger partial charge in [-0.3, -0.25) is 9.89 Å². The molecule has 2 aliphatic rings. The van der Waals surface area contributed by atoms with Crippen molar-refractivity contribution in [3.05, 3.63) is 82.9 Å². The third kappa shape index (κ3) is 7.77. The molecule has 2 saturated heterocycles. The lowest BCUT2D eigenvalue weighted by Gasteiger charge is -2.77. The summed E-state index contributed by atoms with van der Waals surface area (Å²) in [6.45, 7) is 0. The molecule has 8 nitrogen and oxygen atoms in total. The van der Waals surface area contributed by atoms with E-state index in [1.165, 1.54) is 12.1 Å². The summed E-state index contributed by atoms with van der Waals surface area (Å²) >= 11 is 0. The van der Waals surface area contributed by atoms with Gasteiger partial charge in [0, 0.05) is 39.7 Å². The van der Waals surface area contributed by atoms with Crippen molar-refractivity contribution in [1.82, 2.24) is 15.1 Å². The van der Waals surface area contributed by atoms with E-state index in [2.05, 4.69) is 160 Å². The maximum absolute atomic E-state index is 14.5. The molecule has 1 aromatic heterocycles. The number of piperazine rings is 1. The third-order valence-corrected chi connectivity index (χ3v) is 13.0. The van der Waals surface area contributed by atoms with E-state index < -0.39 is 11.6 Å². The number of aromatic nitrogens is 2. The number of amides is 1. The molecule has 1 amide bonds. The molecule has 274 valence electrons. The van der Waals surface area contributed by atoms with Crippen LogP contribution in [0, 0.1) is 11.6 Å². The summed E-state index contributed by atoms with van der Waals surface area (Å²) in [5, 5.41) is 13.1. The van der Waals surface area contributed by atoms with Crippen molar-refractivity contribution in [2.45, 2.75) is 62.7 Å². The maximum atomic E-state index is 14.5. The highest BCUT2D eigenvalue weighted by Gasteiger charge is 2.63. The van der Waals surface area contributed by atoms with Crippen LogP contribution in [0.3, 0.4) is 0 Å². The van der Waals surface area contributed by atoms with Gasteiger partial charge in [-0.15, -0.1) is 0 Å². The Labute approximate surface area is 344 Å². The number of nitrogens with one attached hydrogen (secondary N) is 3. The van der Waals surface area contributed by atoms with Crippen molar-refractivity contribution < 1.29 is 18.3 Å². The molecule has 56 heavy (non-hydrogen) atoms. The van der Waals surface area contributed by atoms with E-state index >= 15 is 0 Å². The topological polar surface area (TPSA) is 85.5 Å². The average molecular weight is 738 g/mol. The van der Waals surface area contributed by atoms with Crippen LogP contribution < -0.4 is 15.5 Å². The van der Waals surface area contributed by atoms with E-state index in [1.807, 2.05) is 24.3 Å². The number of hydrogen-bond acceptors (Lipinski definition) is 6. The smallest absolute Gasteiger partial charge is 0.258 e. The molecule has 25 heteroatoms. The Hall–Kier alpha value is -3.05. The van der Waals surface area contributed by atoms with Gasteiger partial charge in [-0.05, 0) is 94.2 Å². The molecule has 0 radical (unpaired) electrons. The number of fused-ring (bicyclic) bond motifs is 1. The molecule has 2 fully saturated rings. The molecule has 3 aromatic carbocycles. The van der Waals surface area contributed by atoms with Crippen molar-refractivity contribution >= 4 is 152 Å². The first-order valence-electron chi connectivity index (χ1n) is 20.0. The molecule has 6 rings (SSSR count). The number of ether oxygens (including phenoxy) is 1. The summed E-state index contributed by atoms with van der Waals surface area (Å²) in [7, 11) is 34.2. The molecule has 4 aromatic rings. The number of halogens is 2. The predicted octanol–water partition coefficient (Wildman–Crippen LogP) is -10.6. The van der Waals surface area contributed by atoms with Gasteiger partial charge in [0.1, 0.15) is 129 Å². The van der Waals surface area contributed by atoms with Crippen LogP contribution in [0.4, 0.5) is 26.0 Å². The van der Waals surface area contributed by atoms with Gasteiger partial charge in [0.15, 0.2) is 5.82 Å². The second kappa shape index (κ2) is 14.1. The van der Waals surface area contributed by atoms with Crippen LogP contribution >= 0.6 is 0 Å². The number of carbonyl (C=O) groups is 1. The fourth-order valence-electron chi connectivity index (χ4n) is 10.6. The first-order chi connectivity index (χ1) is 25.6. The second-order valence-corrected chi connectivity index (χ2v) is 20.5. The van der Waals surface area contributed by atoms with Crippen molar-refractivity contribution in [3.63, 3.8) is 0 Å². The minimum atomic E-state index is -0.618. The SMILES string of the molecule is BC1(B)CC(Nc2cc(N3C(B)(B)C(B)(B)N(C(B)(B)B)C(B)(B)C3(B)B)ccc2C(=O)Nc2n[nH]c3ccc(Cc4cc(F)cc(F)c4)cc23)CC(B)(B)O1. The number of carbonyl (C=O) groups excluding carboxylic acids is 1. The normalized spacial score (nSPS) is 21.3.